The summed E-state index contributed by atoms with van der Waals surface area (Å²) < 4.78 is 16.2. The maximum Gasteiger partial charge on any atom is 0.167 e. The molecule has 3 heteroatoms. The minimum atomic E-state index is -0.286. The largest absolute Gasteiger partial charge is 0.385 e. The van der Waals surface area contributed by atoms with Crippen LogP contribution < -0.4 is 0 Å². The van der Waals surface area contributed by atoms with Gasteiger partial charge in [-0.2, -0.15) is 0 Å². The van der Waals surface area contributed by atoms with Gasteiger partial charge < -0.3 is 14.2 Å². The highest BCUT2D eigenvalue weighted by atomic mass is 16.7. The first-order valence-corrected chi connectivity index (χ1v) is 5.51. The molecule has 14 heavy (non-hydrogen) atoms. The fourth-order valence-electron chi connectivity index (χ4n) is 1.93. The van der Waals surface area contributed by atoms with Gasteiger partial charge in [-0.25, -0.2) is 0 Å². The van der Waals surface area contributed by atoms with E-state index in [0.29, 0.717) is 0 Å². The molecule has 0 saturated carbocycles. The van der Waals surface area contributed by atoms with Crippen molar-refractivity contribution in [1.29, 1.82) is 0 Å². The van der Waals surface area contributed by atoms with Crippen molar-refractivity contribution in [2.75, 3.05) is 27.4 Å². The van der Waals surface area contributed by atoms with E-state index in [1.807, 2.05) is 0 Å². The van der Waals surface area contributed by atoms with Crippen molar-refractivity contribution in [2.45, 2.75) is 44.3 Å². The number of methoxy groups -OCH3 is 2. The first kappa shape index (κ1) is 12.0. The van der Waals surface area contributed by atoms with E-state index in [4.69, 9.17) is 14.2 Å². The zero-order chi connectivity index (χ0) is 10.3. The summed E-state index contributed by atoms with van der Waals surface area (Å²) in [5, 5.41) is 0. The average molecular weight is 202 g/mol. The zero-order valence-electron chi connectivity index (χ0n) is 9.38. The van der Waals surface area contributed by atoms with E-state index in [1.165, 1.54) is 12.8 Å². The summed E-state index contributed by atoms with van der Waals surface area (Å²) in [5.41, 5.74) is 0. The summed E-state index contributed by atoms with van der Waals surface area (Å²) in [4.78, 5) is 0. The fourth-order valence-corrected chi connectivity index (χ4v) is 1.93. The predicted octanol–water partition coefficient (Wildman–Crippen LogP) is 2.35. The highest BCUT2D eigenvalue weighted by Crippen LogP contribution is 2.30. The van der Waals surface area contributed by atoms with Crippen LogP contribution in [0, 0.1) is 0 Å². The van der Waals surface area contributed by atoms with Crippen LogP contribution in [0.15, 0.2) is 0 Å². The molecule has 0 unspecified atom stereocenters. The maximum atomic E-state index is 5.73. The second kappa shape index (κ2) is 6.38. The Kier molecular flexibility index (Phi) is 5.45. The van der Waals surface area contributed by atoms with E-state index in [9.17, 15) is 0 Å². The van der Waals surface area contributed by atoms with Crippen LogP contribution in [0.25, 0.3) is 0 Å². The van der Waals surface area contributed by atoms with Crippen molar-refractivity contribution in [3.8, 4) is 0 Å². The molecule has 0 amide bonds. The molecule has 1 fully saturated rings. The van der Waals surface area contributed by atoms with Crippen LogP contribution in [0.4, 0.5) is 0 Å². The Balaban J connectivity index is 2.22. The van der Waals surface area contributed by atoms with Gasteiger partial charge >= 0.3 is 0 Å². The van der Waals surface area contributed by atoms with Crippen LogP contribution >= 0.6 is 0 Å². The lowest BCUT2D eigenvalue weighted by Gasteiger charge is -2.36. The monoisotopic (exact) mass is 202 g/mol. The van der Waals surface area contributed by atoms with Gasteiger partial charge in [0.1, 0.15) is 0 Å². The number of unbranched alkanes of at least 4 members (excludes halogenated alkanes) is 1. The summed E-state index contributed by atoms with van der Waals surface area (Å²) in [6.07, 6.45) is 6.62. The SMILES string of the molecule is COCCCC[C@]1(OC)CCCCO1. The number of hydrogen-bond donors (Lipinski definition) is 0. The van der Waals surface area contributed by atoms with Gasteiger partial charge in [0.2, 0.25) is 0 Å². The van der Waals surface area contributed by atoms with Crippen LogP contribution in [-0.2, 0) is 14.2 Å². The smallest absolute Gasteiger partial charge is 0.167 e. The third-order valence-electron chi connectivity index (χ3n) is 2.85. The highest BCUT2D eigenvalue weighted by molar-refractivity contribution is 4.73. The molecule has 3 nitrogen and oxygen atoms in total. The van der Waals surface area contributed by atoms with Crippen LogP contribution in [0.5, 0.6) is 0 Å². The lowest BCUT2D eigenvalue weighted by atomic mass is 9.99. The molecule has 1 heterocycles. The molecule has 0 radical (unpaired) electrons. The molecule has 0 bridgehead atoms. The Morgan fingerprint density at radius 1 is 1.21 bits per heavy atom. The van der Waals surface area contributed by atoms with Crippen LogP contribution in [0.3, 0.4) is 0 Å². The summed E-state index contributed by atoms with van der Waals surface area (Å²) in [5.74, 6) is -0.286. The molecule has 1 aliphatic rings. The van der Waals surface area contributed by atoms with Crippen molar-refractivity contribution >= 4 is 0 Å². The molecule has 0 aromatic carbocycles. The van der Waals surface area contributed by atoms with Gasteiger partial charge in [0, 0.05) is 33.7 Å². The minimum Gasteiger partial charge on any atom is -0.385 e. The van der Waals surface area contributed by atoms with E-state index in [0.717, 1.165) is 38.9 Å². The van der Waals surface area contributed by atoms with Crippen LogP contribution in [-0.4, -0.2) is 33.2 Å². The molecule has 0 N–H and O–H groups in total. The molecular formula is C11H22O3. The van der Waals surface area contributed by atoms with E-state index in [-0.39, 0.29) is 5.79 Å². The van der Waals surface area contributed by atoms with Gasteiger partial charge in [0.05, 0.1) is 6.61 Å². The second-order valence-electron chi connectivity index (χ2n) is 3.87. The topological polar surface area (TPSA) is 27.7 Å². The number of hydrogen-bond acceptors (Lipinski definition) is 3. The van der Waals surface area contributed by atoms with Crippen molar-refractivity contribution < 1.29 is 14.2 Å². The predicted molar refractivity (Wildman–Crippen MR) is 55.3 cm³/mol. The van der Waals surface area contributed by atoms with Crippen LogP contribution in [0.2, 0.25) is 0 Å². The highest BCUT2D eigenvalue weighted by Gasteiger charge is 2.32. The summed E-state index contributed by atoms with van der Waals surface area (Å²) in [6, 6.07) is 0. The molecule has 0 aromatic heterocycles. The fraction of sp³-hybridized carbons (Fsp3) is 1.00. The molecule has 1 rings (SSSR count). The van der Waals surface area contributed by atoms with Gasteiger partial charge in [-0.15, -0.1) is 0 Å². The number of rotatable bonds is 6. The van der Waals surface area contributed by atoms with Crippen molar-refractivity contribution in [3.05, 3.63) is 0 Å². The van der Waals surface area contributed by atoms with E-state index in [1.54, 1.807) is 14.2 Å². The third-order valence-corrected chi connectivity index (χ3v) is 2.85. The lowest BCUT2D eigenvalue weighted by molar-refractivity contribution is -0.246. The Morgan fingerprint density at radius 3 is 2.64 bits per heavy atom. The minimum absolute atomic E-state index is 0.286. The second-order valence-corrected chi connectivity index (χ2v) is 3.87. The maximum absolute atomic E-state index is 5.73. The van der Waals surface area contributed by atoms with E-state index >= 15 is 0 Å². The zero-order valence-corrected chi connectivity index (χ0v) is 9.38. The third kappa shape index (κ3) is 3.56. The molecule has 0 aliphatic carbocycles. The molecule has 1 saturated heterocycles. The molecular weight excluding hydrogens is 180 g/mol. The molecule has 84 valence electrons. The molecule has 1 aliphatic heterocycles. The molecule has 0 spiro atoms. The molecule has 1 atom stereocenters. The van der Waals surface area contributed by atoms with E-state index < -0.39 is 0 Å². The Labute approximate surface area is 86.7 Å². The summed E-state index contributed by atoms with van der Waals surface area (Å²) >= 11 is 0. The van der Waals surface area contributed by atoms with Crippen molar-refractivity contribution in [3.63, 3.8) is 0 Å². The summed E-state index contributed by atoms with van der Waals surface area (Å²) in [7, 11) is 3.49. The van der Waals surface area contributed by atoms with E-state index in [2.05, 4.69) is 0 Å². The molecule has 0 aromatic rings. The van der Waals surface area contributed by atoms with Gasteiger partial charge in [-0.3, -0.25) is 0 Å². The first-order chi connectivity index (χ1) is 6.83. The van der Waals surface area contributed by atoms with Gasteiger partial charge in [-0.05, 0) is 25.7 Å². The average Bonchev–Trinajstić information content (AvgIpc) is 2.26. The van der Waals surface area contributed by atoms with Gasteiger partial charge in [0.15, 0.2) is 5.79 Å². The van der Waals surface area contributed by atoms with Crippen LogP contribution in [0.1, 0.15) is 38.5 Å². The summed E-state index contributed by atoms with van der Waals surface area (Å²) in [6.45, 7) is 1.68. The Morgan fingerprint density at radius 2 is 2.07 bits per heavy atom. The normalized spacial score (nSPS) is 27.9. The van der Waals surface area contributed by atoms with Gasteiger partial charge in [-0.1, -0.05) is 0 Å². The first-order valence-electron chi connectivity index (χ1n) is 5.51. The van der Waals surface area contributed by atoms with Crippen molar-refractivity contribution in [2.24, 2.45) is 0 Å². The lowest BCUT2D eigenvalue weighted by Crippen LogP contribution is -2.38. The quantitative estimate of drug-likeness (QED) is 0.619. The van der Waals surface area contributed by atoms with Crippen molar-refractivity contribution in [1.82, 2.24) is 0 Å². The van der Waals surface area contributed by atoms with Gasteiger partial charge in [0.25, 0.3) is 0 Å². The number of ether oxygens (including phenoxy) is 3. The standard InChI is InChI=1S/C11H22O3/c1-12-9-5-3-7-11(13-2)8-4-6-10-14-11/h3-10H2,1-2H3/t11-/m1/s1. The Bertz CT molecular complexity index is 141. The Hall–Kier alpha value is -0.120.